The van der Waals surface area contributed by atoms with Crippen LogP contribution in [-0.2, 0) is 17.5 Å². The van der Waals surface area contributed by atoms with E-state index in [1.807, 2.05) is 5.92 Å². The van der Waals surface area contributed by atoms with E-state index in [4.69, 9.17) is 16.8 Å². The fourth-order valence-electron chi connectivity index (χ4n) is 2.34. The van der Waals surface area contributed by atoms with Gasteiger partial charge in [-0.15, -0.1) is 6.42 Å². The molecule has 10 heteroatoms. The van der Waals surface area contributed by atoms with Crippen LogP contribution in [0, 0.1) is 35.5 Å². The Balaban J connectivity index is 2.21. The third-order valence-electron chi connectivity index (χ3n) is 3.81. The number of anilines is 1. The molecule has 154 valence electrons. The Morgan fingerprint density at radius 1 is 1.37 bits per heavy atom. The lowest BCUT2D eigenvalue weighted by Gasteiger charge is -2.21. The number of nitrogens with zero attached hydrogens (tertiary/aromatic N) is 3. The van der Waals surface area contributed by atoms with Gasteiger partial charge >= 0.3 is 6.18 Å². The standard InChI is InChI=1S/C20H15F3N4O3/c1-2-19(30,13-27-12-14(11-25-27)5-3-4-8-28)18(29)26-16-7-6-15(10-24)17(9-16)20(21,22)23/h1,6-7,9,11-12,28,30H,4,8,13H2,(H,26,29)/t19-/m0/s1. The topological polar surface area (TPSA) is 111 Å². The lowest BCUT2D eigenvalue weighted by molar-refractivity contribution is -0.137. The normalized spacial score (nSPS) is 12.6. The van der Waals surface area contributed by atoms with Crippen LogP contribution in [0.1, 0.15) is 23.1 Å². The number of nitrogens with one attached hydrogen (secondary N) is 1. The molecule has 1 aromatic heterocycles. The molecular weight excluding hydrogens is 401 g/mol. The molecule has 0 spiro atoms. The Bertz CT molecular complexity index is 1080. The van der Waals surface area contributed by atoms with Crippen molar-refractivity contribution in [3.63, 3.8) is 0 Å². The second-order valence-electron chi connectivity index (χ2n) is 6.03. The number of hydrogen-bond acceptors (Lipinski definition) is 5. The predicted molar refractivity (Wildman–Crippen MR) is 99.4 cm³/mol. The molecule has 1 aromatic carbocycles. The van der Waals surface area contributed by atoms with E-state index in [9.17, 15) is 23.1 Å². The number of nitriles is 1. The van der Waals surface area contributed by atoms with Crippen LogP contribution in [0.15, 0.2) is 30.6 Å². The number of aliphatic hydroxyl groups excluding tert-OH is 1. The summed E-state index contributed by atoms with van der Waals surface area (Å²) in [5.41, 5.74) is -4.11. The third kappa shape index (κ3) is 5.39. The number of carbonyl (C=O) groups is 1. The summed E-state index contributed by atoms with van der Waals surface area (Å²) in [4.78, 5) is 12.5. The van der Waals surface area contributed by atoms with E-state index >= 15 is 0 Å². The number of benzene rings is 1. The molecule has 1 amide bonds. The van der Waals surface area contributed by atoms with Gasteiger partial charge in [0.1, 0.15) is 0 Å². The fourth-order valence-corrected chi connectivity index (χ4v) is 2.34. The van der Waals surface area contributed by atoms with Gasteiger partial charge in [-0.3, -0.25) is 9.48 Å². The van der Waals surface area contributed by atoms with Crippen molar-refractivity contribution in [2.45, 2.75) is 24.7 Å². The maximum atomic E-state index is 13.1. The van der Waals surface area contributed by atoms with Crippen LogP contribution >= 0.6 is 0 Å². The maximum Gasteiger partial charge on any atom is 0.417 e. The number of amides is 1. The Labute approximate surface area is 169 Å². The van der Waals surface area contributed by atoms with E-state index in [1.165, 1.54) is 18.5 Å². The van der Waals surface area contributed by atoms with Crippen molar-refractivity contribution in [3.8, 4) is 30.3 Å². The summed E-state index contributed by atoms with van der Waals surface area (Å²) in [6.07, 6.45) is 3.49. The van der Waals surface area contributed by atoms with E-state index < -0.39 is 35.4 Å². The van der Waals surface area contributed by atoms with Crippen molar-refractivity contribution in [3.05, 3.63) is 47.3 Å². The van der Waals surface area contributed by atoms with Crippen LogP contribution in [0.5, 0.6) is 0 Å². The molecule has 1 atom stereocenters. The lowest BCUT2D eigenvalue weighted by atomic mass is 10.0. The van der Waals surface area contributed by atoms with Crippen LogP contribution < -0.4 is 5.32 Å². The minimum absolute atomic E-state index is 0.108. The van der Waals surface area contributed by atoms with Gasteiger partial charge in [0, 0.05) is 18.3 Å². The summed E-state index contributed by atoms with van der Waals surface area (Å²) < 4.78 is 40.4. The molecule has 0 fully saturated rings. The Morgan fingerprint density at radius 2 is 2.10 bits per heavy atom. The van der Waals surface area contributed by atoms with Gasteiger partial charge in [0.15, 0.2) is 0 Å². The SMILES string of the molecule is C#C[C@](O)(Cn1cc(C#CCCO)cn1)C(=O)Nc1ccc(C#N)c(C(F)(F)F)c1. The Kier molecular flexibility index (Phi) is 6.86. The molecular formula is C20H15F3N4O3. The van der Waals surface area contributed by atoms with Crippen molar-refractivity contribution in [2.75, 3.05) is 11.9 Å². The van der Waals surface area contributed by atoms with Gasteiger partial charge in [-0.2, -0.15) is 23.5 Å². The molecule has 30 heavy (non-hydrogen) atoms. The van der Waals surface area contributed by atoms with E-state index in [2.05, 4.69) is 22.3 Å². The lowest BCUT2D eigenvalue weighted by Crippen LogP contribution is -2.45. The van der Waals surface area contributed by atoms with Gasteiger partial charge in [-0.1, -0.05) is 17.8 Å². The van der Waals surface area contributed by atoms with Gasteiger partial charge in [0.2, 0.25) is 5.60 Å². The van der Waals surface area contributed by atoms with Gasteiger partial charge < -0.3 is 15.5 Å². The van der Waals surface area contributed by atoms with Gasteiger partial charge in [0.25, 0.3) is 5.91 Å². The van der Waals surface area contributed by atoms with Crippen molar-refractivity contribution < 1.29 is 28.2 Å². The second kappa shape index (κ2) is 9.15. The zero-order chi connectivity index (χ0) is 22.4. The van der Waals surface area contributed by atoms with Crippen LogP contribution in [0.2, 0.25) is 0 Å². The average molecular weight is 416 g/mol. The van der Waals surface area contributed by atoms with E-state index in [-0.39, 0.29) is 18.7 Å². The van der Waals surface area contributed by atoms with Crippen molar-refractivity contribution >= 4 is 11.6 Å². The highest BCUT2D eigenvalue weighted by Gasteiger charge is 2.37. The van der Waals surface area contributed by atoms with Crippen LogP contribution in [0.3, 0.4) is 0 Å². The molecule has 0 saturated heterocycles. The summed E-state index contributed by atoms with van der Waals surface area (Å²) in [6.45, 7) is -0.594. The van der Waals surface area contributed by atoms with E-state index in [0.717, 1.165) is 16.8 Å². The summed E-state index contributed by atoms with van der Waals surface area (Å²) in [5, 5.41) is 34.1. The highest BCUT2D eigenvalue weighted by molar-refractivity contribution is 5.99. The first-order valence-electron chi connectivity index (χ1n) is 8.38. The number of hydrogen-bond donors (Lipinski definition) is 3. The summed E-state index contributed by atoms with van der Waals surface area (Å²) >= 11 is 0. The number of rotatable bonds is 5. The van der Waals surface area contributed by atoms with E-state index in [0.29, 0.717) is 11.6 Å². The number of aliphatic hydroxyl groups is 2. The van der Waals surface area contributed by atoms with E-state index in [1.54, 1.807) is 0 Å². The van der Waals surface area contributed by atoms with Gasteiger partial charge in [-0.25, -0.2) is 0 Å². The third-order valence-corrected chi connectivity index (χ3v) is 3.81. The zero-order valence-electron chi connectivity index (χ0n) is 15.4. The zero-order valence-corrected chi connectivity index (χ0v) is 15.4. The number of alkyl halides is 3. The molecule has 0 aliphatic heterocycles. The number of halogens is 3. The van der Waals surface area contributed by atoms with Crippen molar-refractivity contribution in [2.24, 2.45) is 0 Å². The highest BCUT2D eigenvalue weighted by Crippen LogP contribution is 2.33. The molecule has 0 radical (unpaired) electrons. The largest absolute Gasteiger partial charge is 0.417 e. The predicted octanol–water partition coefficient (Wildman–Crippen LogP) is 1.51. The maximum absolute atomic E-state index is 13.1. The molecule has 7 nitrogen and oxygen atoms in total. The monoisotopic (exact) mass is 416 g/mol. The molecule has 0 aliphatic rings. The quantitative estimate of drug-likeness (QED) is 0.640. The number of carbonyl (C=O) groups excluding carboxylic acids is 1. The minimum Gasteiger partial charge on any atom is -0.395 e. The number of terminal acetylenes is 1. The van der Waals surface area contributed by atoms with Crippen LogP contribution in [-0.4, -0.2) is 38.1 Å². The molecule has 3 N–H and O–H groups in total. The molecule has 2 aromatic rings. The van der Waals surface area contributed by atoms with Crippen LogP contribution in [0.4, 0.5) is 18.9 Å². The molecule has 0 saturated carbocycles. The average Bonchev–Trinajstić information content (AvgIpc) is 3.14. The Morgan fingerprint density at radius 3 is 2.70 bits per heavy atom. The highest BCUT2D eigenvalue weighted by atomic mass is 19.4. The smallest absolute Gasteiger partial charge is 0.395 e. The first kappa shape index (κ1) is 22.5. The Hall–Kier alpha value is -3.78. The van der Waals surface area contributed by atoms with Gasteiger partial charge in [-0.05, 0) is 18.2 Å². The molecule has 0 unspecified atom stereocenters. The second-order valence-corrected chi connectivity index (χ2v) is 6.03. The summed E-state index contributed by atoms with van der Waals surface area (Å²) in [7, 11) is 0. The molecule has 0 bridgehead atoms. The van der Waals surface area contributed by atoms with Crippen molar-refractivity contribution in [1.82, 2.24) is 9.78 Å². The first-order chi connectivity index (χ1) is 14.1. The molecule has 1 heterocycles. The van der Waals surface area contributed by atoms with Crippen molar-refractivity contribution in [1.29, 1.82) is 5.26 Å². The molecule has 2 rings (SSSR count). The first-order valence-corrected chi connectivity index (χ1v) is 8.38. The minimum atomic E-state index is -4.81. The number of aromatic nitrogens is 2. The van der Waals surface area contributed by atoms with Gasteiger partial charge in [0.05, 0.1) is 42.1 Å². The fraction of sp³-hybridized carbons (Fsp3) is 0.250. The molecule has 0 aliphatic carbocycles. The summed E-state index contributed by atoms with van der Waals surface area (Å²) in [5.74, 6) is 6.15. The van der Waals surface area contributed by atoms with Crippen LogP contribution in [0.25, 0.3) is 0 Å². The summed E-state index contributed by atoms with van der Waals surface area (Å²) in [6, 6.07) is 4.00.